The summed E-state index contributed by atoms with van der Waals surface area (Å²) in [5, 5.41) is 48.6. The molecule has 0 aromatic heterocycles. The smallest absolute Gasteiger partial charge is 0.327 e. The van der Waals surface area contributed by atoms with E-state index >= 15 is 0 Å². The van der Waals surface area contributed by atoms with Crippen LogP contribution >= 0.6 is 0 Å². The molecule has 0 fully saturated rings. The van der Waals surface area contributed by atoms with Gasteiger partial charge in [-0.05, 0) is 146 Å². The molecule has 0 rings (SSSR count). The van der Waals surface area contributed by atoms with Gasteiger partial charge < -0.3 is 94.3 Å². The monoisotopic (exact) mass is 1670 g/mol. The molecule has 0 saturated carbocycles. The third kappa shape index (κ3) is 43.7. The van der Waals surface area contributed by atoms with Crippen molar-refractivity contribution in [3.63, 3.8) is 0 Å². The number of carbonyl (C=O) groups is 17. The van der Waals surface area contributed by atoms with Crippen LogP contribution in [0.5, 0.6) is 0 Å². The average molecular weight is 1670 g/mol. The molecule has 16 atom stereocenters. The van der Waals surface area contributed by atoms with E-state index in [0.29, 0.717) is 12.8 Å². The number of aliphatic carboxylic acids is 5. The van der Waals surface area contributed by atoms with Crippen molar-refractivity contribution < 1.29 is 107 Å². The maximum Gasteiger partial charge on any atom is 0.327 e. The summed E-state index contributed by atoms with van der Waals surface area (Å²) in [6.45, 7) is 45.8. The summed E-state index contributed by atoms with van der Waals surface area (Å²) in [6.07, 6.45) is -1.35. The average Bonchev–Trinajstić information content (AvgIpc) is 0.771. The number of carbonyl (C=O) groups excluding carboxylic acids is 12. The summed E-state index contributed by atoms with van der Waals surface area (Å²) in [4.78, 5) is 209. The summed E-state index contributed by atoms with van der Waals surface area (Å²) >= 11 is 0. The van der Waals surface area contributed by atoms with Gasteiger partial charge in [-0.25, -0.2) is 4.79 Å². The van der Waals surface area contributed by atoms with Crippen LogP contribution < -0.4 is 68.8 Å². The highest BCUT2D eigenvalue weighted by Crippen LogP contribution is 2.52. The van der Waals surface area contributed by atoms with Crippen molar-refractivity contribution in [3.8, 4) is 0 Å². The zero-order chi connectivity index (χ0) is 93.9. The van der Waals surface area contributed by atoms with Gasteiger partial charge >= 0.3 is 29.8 Å². The van der Waals surface area contributed by atoms with E-state index < -0.39 is 272 Å². The minimum absolute atomic E-state index is 0.0540. The van der Waals surface area contributed by atoms with Gasteiger partial charge in [-0.1, -0.05) is 173 Å². The Morgan fingerprint density at radius 2 is 0.444 bits per heavy atom. The Bertz CT molecular complexity index is 3360. The number of hydrogen-bond acceptors (Lipinski definition) is 17. The topological polar surface area (TPSA) is 704 Å². The molecule has 34 nitrogen and oxygen atoms in total. The lowest BCUT2D eigenvalue weighted by Gasteiger charge is -2.44. The van der Waals surface area contributed by atoms with Gasteiger partial charge in [-0.3, -0.25) is 76.7 Å². The van der Waals surface area contributed by atoms with Crippen LogP contribution in [0.15, 0.2) is 12.7 Å². The summed E-state index contributed by atoms with van der Waals surface area (Å²) < 4.78 is 0. The Balaban J connectivity index is -0.000000872. The molecule has 0 aliphatic carbocycles. The molecule has 0 aliphatic rings. The SMILES string of the molecule is C=CC(=O)O.CC(C)(C)CC(CC(CC(CC(C(N)=O)C(C)(C)C)C(N)=O)C(N)=O)C(N)=O.CC(C)(C)CC(CC(CC(CC(C(N)=O)C(C)(C)C)C(N)=O)C(N)=O)C(N)=O.CC(C)(C)CC(CC(CC(CC(CC(C(=O)O)C(C)(C)C)C(=O)O)(CC(C(N)=O)C(C)(C)C)C(N)=O)C(N)=O)(CC(CC(C(=O)O)C(C)(C)C)C(=O)O)C(N)=O. The van der Waals surface area contributed by atoms with Crippen LogP contribution in [0.25, 0.3) is 0 Å². The molecule has 0 aromatic rings. The number of amides is 12. The van der Waals surface area contributed by atoms with Gasteiger partial charge in [-0.2, -0.15) is 0 Å². The van der Waals surface area contributed by atoms with E-state index in [1.165, 1.54) is 0 Å². The predicted molar refractivity (Wildman–Crippen MR) is 442 cm³/mol. The predicted octanol–water partition coefficient (Wildman–Crippen LogP) is 6.59. The molecule has 0 heterocycles. The van der Waals surface area contributed by atoms with Crippen LogP contribution in [0.3, 0.4) is 0 Å². The second kappa shape index (κ2) is 46.2. The van der Waals surface area contributed by atoms with Gasteiger partial charge in [-0.15, -0.1) is 0 Å². The number of nitrogens with two attached hydrogens (primary N) is 12. The van der Waals surface area contributed by atoms with Gasteiger partial charge in [0.2, 0.25) is 70.9 Å². The molecule has 117 heavy (non-hydrogen) atoms. The molecule has 0 bridgehead atoms. The zero-order valence-corrected chi connectivity index (χ0v) is 74.3. The number of hydrogen-bond donors (Lipinski definition) is 17. The first-order valence-electron chi connectivity index (χ1n) is 39.3. The van der Waals surface area contributed by atoms with Crippen molar-refractivity contribution in [1.29, 1.82) is 0 Å². The maximum absolute atomic E-state index is 13.9. The number of carboxylic acid groups (broad SMARTS) is 5. The molecule has 0 aliphatic heterocycles. The lowest BCUT2D eigenvalue weighted by Crippen LogP contribution is -2.50. The zero-order valence-electron chi connectivity index (χ0n) is 74.3. The Labute approximate surface area is 692 Å². The molecule has 0 saturated heterocycles. The number of carboxylic acids is 5. The van der Waals surface area contributed by atoms with E-state index in [1.54, 1.807) is 83.1 Å². The fourth-order valence-electron chi connectivity index (χ4n) is 15.4. The third-order valence-corrected chi connectivity index (χ3v) is 21.7. The lowest BCUT2D eigenvalue weighted by atomic mass is 9.59. The molecule has 34 heteroatoms. The number of primary amides is 12. The first kappa shape index (κ1) is 114. The molecule has 12 amide bonds. The van der Waals surface area contributed by atoms with Crippen molar-refractivity contribution in [3.05, 3.63) is 12.7 Å². The van der Waals surface area contributed by atoms with E-state index in [2.05, 4.69) is 6.58 Å². The summed E-state index contributed by atoms with van der Waals surface area (Å²) in [5.41, 5.74) is 59.5. The van der Waals surface area contributed by atoms with E-state index in [-0.39, 0.29) is 55.8 Å². The van der Waals surface area contributed by atoms with E-state index in [4.69, 9.17) is 73.9 Å². The molecule has 29 N–H and O–H groups in total. The summed E-state index contributed by atoms with van der Waals surface area (Å²) in [5.74, 6) is -28.5. The Morgan fingerprint density at radius 1 is 0.239 bits per heavy atom. The van der Waals surface area contributed by atoms with Crippen LogP contribution in [0.1, 0.15) is 269 Å². The van der Waals surface area contributed by atoms with Crippen LogP contribution in [-0.4, -0.2) is 126 Å². The first-order chi connectivity index (χ1) is 52.0. The molecular weight excluding hydrogens is 1520 g/mol. The molecular formula is C83H150N12O22. The summed E-state index contributed by atoms with van der Waals surface area (Å²) in [7, 11) is 0. The van der Waals surface area contributed by atoms with Gasteiger partial charge in [0.1, 0.15) is 0 Å². The highest BCUT2D eigenvalue weighted by atomic mass is 16.4. The quantitative estimate of drug-likeness (QED) is 0.0286. The fraction of sp³-hybridized carbons (Fsp3) is 0.771. The van der Waals surface area contributed by atoms with Crippen molar-refractivity contribution in [2.75, 3.05) is 0 Å². The normalized spacial score (nSPS) is 16.9. The van der Waals surface area contributed by atoms with Gasteiger partial charge in [0.15, 0.2) is 0 Å². The highest BCUT2D eigenvalue weighted by molar-refractivity contribution is 5.89. The van der Waals surface area contributed by atoms with Crippen LogP contribution in [0, 0.1) is 137 Å². The van der Waals surface area contributed by atoms with Crippen LogP contribution in [0.4, 0.5) is 0 Å². The maximum atomic E-state index is 13.9. The molecule has 674 valence electrons. The van der Waals surface area contributed by atoms with Crippen LogP contribution in [-0.2, 0) is 81.5 Å². The van der Waals surface area contributed by atoms with Gasteiger partial charge in [0.05, 0.1) is 34.5 Å². The van der Waals surface area contributed by atoms with E-state index in [9.17, 15) is 102 Å². The molecule has 0 radical (unpaired) electrons. The highest BCUT2D eigenvalue weighted by Gasteiger charge is 2.53. The lowest BCUT2D eigenvalue weighted by molar-refractivity contribution is -0.152. The second-order valence-electron chi connectivity index (χ2n) is 41.2. The molecule has 16 unspecified atom stereocenters. The minimum Gasteiger partial charge on any atom is -0.481 e. The third-order valence-electron chi connectivity index (χ3n) is 21.7. The number of rotatable bonds is 46. The minimum atomic E-state index is -2.07. The summed E-state index contributed by atoms with van der Waals surface area (Å²) in [6, 6.07) is 0. The van der Waals surface area contributed by atoms with Crippen molar-refractivity contribution in [2.24, 2.45) is 206 Å². The van der Waals surface area contributed by atoms with E-state index in [1.807, 2.05) is 83.1 Å². The van der Waals surface area contributed by atoms with Crippen LogP contribution in [0.2, 0.25) is 0 Å². The second-order valence-corrected chi connectivity index (χ2v) is 41.2. The van der Waals surface area contributed by atoms with Gasteiger partial charge in [0, 0.05) is 65.3 Å². The largest absolute Gasteiger partial charge is 0.481 e. The van der Waals surface area contributed by atoms with Crippen molar-refractivity contribution >= 4 is 101 Å². The fourth-order valence-corrected chi connectivity index (χ4v) is 15.4. The van der Waals surface area contributed by atoms with Crippen molar-refractivity contribution in [2.45, 2.75) is 269 Å². The van der Waals surface area contributed by atoms with Crippen molar-refractivity contribution in [1.82, 2.24) is 0 Å². The van der Waals surface area contributed by atoms with Gasteiger partial charge in [0.25, 0.3) is 0 Å². The standard InChI is InChI=1S/C40H70N4O12.2C20H38N4O4.C3H4O2/c1-35(2,3)20-40(34(44)56,16-22(30(49)50)14-25(32(53)54)37(7,8)9)18-23(27(41)45)17-39(33(43)55,19-26(28(42)46)38(10,11)12)15-21(29(47)48)13-24(31(51)52)36(4,5)6;2*1-19(2,3)10-13(17(23)27)8-11(15(21)25)7-12(16(22)26)9-14(18(24)28)20(4,5)6;1-2-3(4)5/h21-26H,13-20H2,1-12H3,(H2,41,45)(H2,42,46)(H2,43,55)(H2,44,56)(H,47,48)(H,49,50)(H,51,52)(H,53,54);2*11-14H,7-10H2,1-6H3,(H2,21,25)(H2,22,26)(H2,23,27)(H2,24,28);2H,1H2,(H,4,5). The Morgan fingerprint density at radius 3 is 0.624 bits per heavy atom. The molecule has 0 spiro atoms. The Hall–Kier alpha value is -9.27. The Kier molecular flexibility index (Phi) is 45.0. The van der Waals surface area contributed by atoms with E-state index in [0.717, 1.165) is 6.08 Å². The molecule has 0 aromatic carbocycles. The first-order valence-corrected chi connectivity index (χ1v) is 39.3.